The fourth-order valence-corrected chi connectivity index (χ4v) is 4.68. The third kappa shape index (κ3) is 3.36. The first-order valence-corrected chi connectivity index (χ1v) is 10.4. The average molecular weight is 414 g/mol. The second-order valence-electron chi connectivity index (χ2n) is 8.36. The Balaban J connectivity index is 1.41. The summed E-state index contributed by atoms with van der Waals surface area (Å²) in [5, 5.41) is 21.2. The van der Waals surface area contributed by atoms with Crippen molar-refractivity contribution < 1.29 is 24.5 Å². The first-order valence-electron chi connectivity index (χ1n) is 10.4. The molecule has 0 radical (unpaired) electrons. The topological polar surface area (TPSA) is 83.8 Å². The molecule has 2 aliphatic rings. The van der Waals surface area contributed by atoms with Crippen molar-refractivity contribution in [1.29, 1.82) is 0 Å². The normalized spacial score (nSPS) is 19.5. The smallest absolute Gasteiger partial charge is 0.198 e. The number of ether oxygens (including phenoxy) is 1. The molecule has 5 heteroatoms. The van der Waals surface area contributed by atoms with E-state index in [1.807, 2.05) is 36.4 Å². The molecule has 0 fully saturated rings. The van der Waals surface area contributed by atoms with Crippen molar-refractivity contribution >= 4 is 11.6 Å². The lowest BCUT2D eigenvalue weighted by Crippen LogP contribution is -2.41. The van der Waals surface area contributed by atoms with Crippen molar-refractivity contribution in [1.82, 2.24) is 0 Å². The molecule has 0 aromatic heterocycles. The van der Waals surface area contributed by atoms with Gasteiger partial charge in [0.2, 0.25) is 0 Å². The van der Waals surface area contributed by atoms with Gasteiger partial charge >= 0.3 is 0 Å². The summed E-state index contributed by atoms with van der Waals surface area (Å²) in [5.41, 5.74) is 2.74. The van der Waals surface area contributed by atoms with Crippen LogP contribution in [0.1, 0.15) is 55.0 Å². The summed E-state index contributed by atoms with van der Waals surface area (Å²) in [6.07, 6.45) is 1.29. The van der Waals surface area contributed by atoms with Gasteiger partial charge in [-0.05, 0) is 41.7 Å². The van der Waals surface area contributed by atoms with E-state index in [0.717, 1.165) is 16.7 Å². The van der Waals surface area contributed by atoms with Crippen LogP contribution >= 0.6 is 0 Å². The molecule has 2 N–H and O–H groups in total. The van der Waals surface area contributed by atoms with Crippen molar-refractivity contribution in [2.24, 2.45) is 0 Å². The van der Waals surface area contributed by atoms with E-state index in [-0.39, 0.29) is 35.0 Å². The summed E-state index contributed by atoms with van der Waals surface area (Å²) in [6, 6.07) is 17.8. The fraction of sp³-hybridized carbons (Fsp3) is 0.231. The zero-order valence-electron chi connectivity index (χ0n) is 16.9. The first kappa shape index (κ1) is 19.7. The Morgan fingerprint density at radius 2 is 1.61 bits per heavy atom. The number of aromatic hydroxyl groups is 1. The molecule has 0 spiro atoms. The van der Waals surface area contributed by atoms with Crippen LogP contribution in [0, 0.1) is 0 Å². The highest BCUT2D eigenvalue weighted by Crippen LogP contribution is 2.39. The van der Waals surface area contributed by atoms with E-state index >= 15 is 0 Å². The number of rotatable bonds is 4. The third-order valence-corrected chi connectivity index (χ3v) is 6.24. The summed E-state index contributed by atoms with van der Waals surface area (Å²) in [7, 11) is 0. The van der Waals surface area contributed by atoms with Gasteiger partial charge in [-0.1, -0.05) is 48.5 Å². The van der Waals surface area contributed by atoms with Crippen LogP contribution in [0.15, 0.2) is 60.7 Å². The molecule has 0 saturated heterocycles. The van der Waals surface area contributed by atoms with E-state index in [2.05, 4.69) is 0 Å². The van der Waals surface area contributed by atoms with Gasteiger partial charge in [0.25, 0.3) is 0 Å². The predicted molar refractivity (Wildman–Crippen MR) is 114 cm³/mol. The zero-order chi connectivity index (χ0) is 21.6. The summed E-state index contributed by atoms with van der Waals surface area (Å²) >= 11 is 0. The highest BCUT2D eigenvalue weighted by molar-refractivity contribution is 6.29. The number of fused-ring (bicyclic) bond motifs is 4. The molecule has 5 nitrogen and oxygen atoms in total. The lowest BCUT2D eigenvalue weighted by Gasteiger charge is -2.35. The number of ketones is 2. The predicted octanol–water partition coefficient (Wildman–Crippen LogP) is 3.60. The Labute approximate surface area is 179 Å². The van der Waals surface area contributed by atoms with Gasteiger partial charge in [-0.3, -0.25) is 9.59 Å². The van der Waals surface area contributed by atoms with Crippen molar-refractivity contribution in [2.45, 2.75) is 31.5 Å². The lowest BCUT2D eigenvalue weighted by atomic mass is 9.73. The molecule has 31 heavy (non-hydrogen) atoms. The molecule has 2 aliphatic carbocycles. The molecule has 3 aromatic rings. The summed E-state index contributed by atoms with van der Waals surface area (Å²) < 4.78 is 5.79. The summed E-state index contributed by atoms with van der Waals surface area (Å²) in [6.45, 7) is 0.620. The third-order valence-electron chi connectivity index (χ3n) is 6.24. The molecule has 5 rings (SSSR count). The average Bonchev–Trinajstić information content (AvgIpc) is 2.77. The van der Waals surface area contributed by atoms with Gasteiger partial charge in [-0.15, -0.1) is 0 Å². The van der Waals surface area contributed by atoms with E-state index in [1.54, 1.807) is 18.2 Å². The van der Waals surface area contributed by atoms with Crippen molar-refractivity contribution in [3.63, 3.8) is 0 Å². The highest BCUT2D eigenvalue weighted by Gasteiger charge is 2.39. The van der Waals surface area contributed by atoms with Gasteiger partial charge in [0.15, 0.2) is 11.6 Å². The van der Waals surface area contributed by atoms with Crippen LogP contribution in [0.2, 0.25) is 0 Å². The number of aliphatic hydroxyl groups is 1. The Morgan fingerprint density at radius 1 is 0.871 bits per heavy atom. The lowest BCUT2D eigenvalue weighted by molar-refractivity contribution is -0.0596. The minimum Gasteiger partial charge on any atom is -0.507 e. The highest BCUT2D eigenvalue weighted by atomic mass is 16.5. The number of hydrogen-bond acceptors (Lipinski definition) is 5. The quantitative estimate of drug-likeness (QED) is 0.533. The second-order valence-corrected chi connectivity index (χ2v) is 8.36. The molecular formula is C26H22O5. The van der Waals surface area contributed by atoms with Gasteiger partial charge < -0.3 is 14.9 Å². The molecule has 0 amide bonds. The van der Waals surface area contributed by atoms with Crippen molar-refractivity contribution in [2.75, 3.05) is 6.61 Å². The number of phenols is 1. The van der Waals surface area contributed by atoms with Crippen molar-refractivity contribution in [3.8, 4) is 5.75 Å². The summed E-state index contributed by atoms with van der Waals surface area (Å²) in [4.78, 5) is 26.2. The number of carbonyl (C=O) groups excluding carboxylic acids is 2. The maximum absolute atomic E-state index is 13.2. The SMILES string of the molecule is O=C1c2ccc3c(c2C(=O)c2cccc(O)c21)CCC(O)(COCc1ccccc1)C3. The van der Waals surface area contributed by atoms with Gasteiger partial charge in [0.1, 0.15) is 5.75 Å². The minimum absolute atomic E-state index is 0.0709. The van der Waals surface area contributed by atoms with Gasteiger partial charge in [0, 0.05) is 23.1 Å². The number of hydrogen-bond donors (Lipinski definition) is 2. The van der Waals surface area contributed by atoms with Crippen molar-refractivity contribution in [3.05, 3.63) is 99.6 Å². The molecule has 3 aromatic carbocycles. The van der Waals surface area contributed by atoms with Gasteiger partial charge in [-0.25, -0.2) is 0 Å². The van der Waals surface area contributed by atoms with Crippen LogP contribution < -0.4 is 0 Å². The zero-order valence-corrected chi connectivity index (χ0v) is 16.9. The van der Waals surface area contributed by atoms with Crippen LogP contribution in [0.3, 0.4) is 0 Å². The van der Waals surface area contributed by atoms with E-state index < -0.39 is 5.60 Å². The maximum atomic E-state index is 13.2. The van der Waals surface area contributed by atoms with Crippen LogP contribution in [-0.4, -0.2) is 34.0 Å². The number of benzene rings is 3. The molecular weight excluding hydrogens is 392 g/mol. The first-order chi connectivity index (χ1) is 15.0. The van der Waals surface area contributed by atoms with E-state index in [1.165, 1.54) is 6.07 Å². The van der Waals surface area contributed by atoms with Gasteiger partial charge in [-0.2, -0.15) is 0 Å². The van der Waals surface area contributed by atoms with Gasteiger partial charge in [0.05, 0.1) is 24.4 Å². The van der Waals surface area contributed by atoms with E-state index in [0.29, 0.717) is 37.0 Å². The Kier molecular flexibility index (Phi) is 4.73. The molecule has 1 unspecified atom stereocenters. The van der Waals surface area contributed by atoms with Crippen LogP contribution in [0.25, 0.3) is 0 Å². The Morgan fingerprint density at radius 3 is 2.42 bits per heavy atom. The maximum Gasteiger partial charge on any atom is 0.198 e. The standard InChI is InChI=1S/C26H22O5/c27-21-8-4-7-19-23(21)25(29)20-10-9-17-13-26(30,12-11-18(17)22(20)24(19)28)15-31-14-16-5-2-1-3-6-16/h1-10,27,30H,11-15H2. The van der Waals surface area contributed by atoms with E-state index in [9.17, 15) is 19.8 Å². The summed E-state index contributed by atoms with van der Waals surface area (Å²) in [5.74, 6) is -0.759. The Bertz CT molecular complexity index is 1200. The van der Waals surface area contributed by atoms with Crippen LogP contribution in [-0.2, 0) is 24.2 Å². The molecule has 0 bridgehead atoms. The molecule has 0 saturated carbocycles. The van der Waals surface area contributed by atoms with Crippen LogP contribution in [0.5, 0.6) is 5.75 Å². The molecule has 0 heterocycles. The fourth-order valence-electron chi connectivity index (χ4n) is 4.68. The number of phenolic OH excluding ortho intramolecular Hbond substituents is 1. The number of carbonyl (C=O) groups is 2. The largest absolute Gasteiger partial charge is 0.507 e. The van der Waals surface area contributed by atoms with E-state index in [4.69, 9.17) is 4.74 Å². The monoisotopic (exact) mass is 414 g/mol. The minimum atomic E-state index is -1.02. The van der Waals surface area contributed by atoms with Crippen LogP contribution in [0.4, 0.5) is 0 Å². The molecule has 1 atom stereocenters. The Hall–Kier alpha value is -3.28. The molecule has 0 aliphatic heterocycles. The second kappa shape index (κ2) is 7.45. The molecule has 156 valence electrons.